The van der Waals surface area contributed by atoms with Crippen LogP contribution in [0.2, 0.25) is 0 Å². The molecule has 6 aromatic rings. The predicted molar refractivity (Wildman–Crippen MR) is 163 cm³/mol. The smallest absolute Gasteiger partial charge is 0.0719 e. The molecule has 0 bridgehead atoms. The van der Waals surface area contributed by atoms with E-state index in [2.05, 4.69) is 133 Å². The van der Waals surface area contributed by atoms with Gasteiger partial charge in [-0.2, -0.15) is 0 Å². The fourth-order valence-corrected chi connectivity index (χ4v) is 6.92. The van der Waals surface area contributed by atoms with Gasteiger partial charge >= 0.3 is 0 Å². The first kappa shape index (κ1) is 24.2. The minimum Gasteiger partial charge on any atom is -0.265 e. The Balaban J connectivity index is 1.72. The van der Waals surface area contributed by atoms with Gasteiger partial charge in [0.1, 0.15) is 0 Å². The number of benzene rings is 4. The van der Waals surface area contributed by atoms with Gasteiger partial charge in [-0.1, -0.05) is 84.9 Å². The van der Waals surface area contributed by atoms with Gasteiger partial charge in [0.05, 0.1) is 5.41 Å². The number of rotatable bonds is 4. The second-order valence-corrected chi connectivity index (χ2v) is 10.7. The Labute approximate surface area is 236 Å². The summed E-state index contributed by atoms with van der Waals surface area (Å²) in [6.07, 6.45) is 8.51. The molecule has 2 nitrogen and oxygen atoms in total. The zero-order valence-corrected chi connectivity index (χ0v) is 22.8. The molecule has 0 atom stereocenters. The Morgan fingerprint density at radius 1 is 0.450 bits per heavy atom. The van der Waals surface area contributed by atoms with Gasteiger partial charge in [-0.15, -0.1) is 0 Å². The van der Waals surface area contributed by atoms with E-state index >= 15 is 0 Å². The van der Waals surface area contributed by atoms with Crippen molar-refractivity contribution in [3.05, 3.63) is 178 Å². The van der Waals surface area contributed by atoms with E-state index < -0.39 is 5.41 Å². The lowest BCUT2D eigenvalue weighted by molar-refractivity contribution is 0.705. The lowest BCUT2D eigenvalue weighted by Gasteiger charge is -2.44. The quantitative estimate of drug-likeness (QED) is 0.235. The van der Waals surface area contributed by atoms with Gasteiger partial charge in [0.15, 0.2) is 0 Å². The number of nitrogens with zero attached hydrogens (tertiary/aromatic N) is 2. The van der Waals surface area contributed by atoms with Crippen LogP contribution in [0.3, 0.4) is 0 Å². The SMILES string of the molecule is Cc1cccc(C2(c3cccc(C)c3-c3ccncc3)c3ccccc3Cc3ccccc32)c1-c1ccncc1. The van der Waals surface area contributed by atoms with Crippen LogP contribution < -0.4 is 0 Å². The van der Waals surface area contributed by atoms with Crippen LogP contribution in [0.1, 0.15) is 44.5 Å². The number of hydrogen-bond acceptors (Lipinski definition) is 2. The Bertz CT molecular complexity index is 1700. The zero-order chi connectivity index (χ0) is 27.1. The van der Waals surface area contributed by atoms with Crippen LogP contribution in [0.25, 0.3) is 22.3 Å². The fourth-order valence-electron chi connectivity index (χ4n) is 6.92. The minimum atomic E-state index is -0.541. The first-order valence-corrected chi connectivity index (χ1v) is 13.9. The molecule has 2 heteroatoms. The second kappa shape index (κ2) is 9.73. The van der Waals surface area contributed by atoms with Gasteiger partial charge in [0, 0.05) is 24.8 Å². The summed E-state index contributed by atoms with van der Waals surface area (Å²) in [5.41, 5.74) is 14.9. The van der Waals surface area contributed by atoms with Crippen molar-refractivity contribution in [2.75, 3.05) is 0 Å². The summed E-state index contributed by atoms with van der Waals surface area (Å²) < 4.78 is 0. The third kappa shape index (κ3) is 3.64. The highest BCUT2D eigenvalue weighted by Crippen LogP contribution is 2.55. The van der Waals surface area contributed by atoms with Crippen molar-refractivity contribution in [2.24, 2.45) is 0 Å². The van der Waals surface area contributed by atoms with E-state index in [0.29, 0.717) is 0 Å². The van der Waals surface area contributed by atoms with Crippen molar-refractivity contribution in [1.29, 1.82) is 0 Å². The van der Waals surface area contributed by atoms with E-state index in [-0.39, 0.29) is 0 Å². The maximum absolute atomic E-state index is 4.35. The molecule has 0 aliphatic heterocycles. The van der Waals surface area contributed by atoms with Crippen LogP contribution in [0, 0.1) is 13.8 Å². The summed E-state index contributed by atoms with van der Waals surface area (Å²) in [7, 11) is 0. The summed E-state index contributed by atoms with van der Waals surface area (Å²) in [5, 5.41) is 0. The van der Waals surface area contributed by atoms with Gasteiger partial charge in [0.2, 0.25) is 0 Å². The molecule has 0 radical (unpaired) electrons. The highest BCUT2D eigenvalue weighted by atomic mass is 14.6. The third-order valence-corrected chi connectivity index (χ3v) is 8.52. The van der Waals surface area contributed by atoms with Crippen molar-refractivity contribution in [2.45, 2.75) is 25.7 Å². The van der Waals surface area contributed by atoms with Crippen LogP contribution >= 0.6 is 0 Å². The van der Waals surface area contributed by atoms with Crippen molar-refractivity contribution in [3.63, 3.8) is 0 Å². The normalized spacial score (nSPS) is 13.3. The van der Waals surface area contributed by atoms with Gasteiger partial charge in [0.25, 0.3) is 0 Å². The Hall–Kier alpha value is -4.82. The highest BCUT2D eigenvalue weighted by molar-refractivity contribution is 5.83. The maximum atomic E-state index is 4.35. The molecule has 0 saturated heterocycles. The molecule has 7 rings (SSSR count). The second-order valence-electron chi connectivity index (χ2n) is 10.7. The maximum Gasteiger partial charge on any atom is 0.0719 e. The van der Waals surface area contributed by atoms with Crippen molar-refractivity contribution >= 4 is 0 Å². The number of aromatic nitrogens is 2. The molecular formula is C38H30N2. The average Bonchev–Trinajstić information content (AvgIpc) is 3.00. The summed E-state index contributed by atoms with van der Waals surface area (Å²) >= 11 is 0. The molecule has 0 fully saturated rings. The number of hydrogen-bond donors (Lipinski definition) is 0. The average molecular weight is 515 g/mol. The van der Waals surface area contributed by atoms with E-state index in [4.69, 9.17) is 0 Å². The third-order valence-electron chi connectivity index (χ3n) is 8.52. The number of fused-ring (bicyclic) bond motifs is 2. The van der Waals surface area contributed by atoms with E-state index in [1.807, 2.05) is 24.8 Å². The Kier molecular flexibility index (Phi) is 5.90. The molecule has 0 N–H and O–H groups in total. The molecule has 40 heavy (non-hydrogen) atoms. The molecule has 0 saturated carbocycles. The molecule has 2 aromatic heterocycles. The molecule has 192 valence electrons. The lowest BCUT2D eigenvalue weighted by atomic mass is 9.57. The van der Waals surface area contributed by atoms with Crippen molar-refractivity contribution < 1.29 is 0 Å². The van der Waals surface area contributed by atoms with E-state index in [1.165, 1.54) is 66.8 Å². The molecule has 4 aromatic carbocycles. The summed E-state index contributed by atoms with van der Waals surface area (Å²) in [6.45, 7) is 4.46. The predicted octanol–water partition coefficient (Wildman–Crippen LogP) is 8.71. The van der Waals surface area contributed by atoms with Crippen molar-refractivity contribution in [3.8, 4) is 22.3 Å². The number of aryl methyl sites for hydroxylation is 2. The van der Waals surface area contributed by atoms with E-state index in [1.54, 1.807) is 0 Å². The standard InChI is InChI=1S/C38H30N2/c1-26-9-7-15-34(36(26)28-17-21-39-22-18-28)38(35-16-8-10-27(2)37(35)29-19-23-40-24-20-29)32-13-5-3-11-30(32)25-31-12-4-6-14-33(31)38/h3-24H,25H2,1-2H3. The highest BCUT2D eigenvalue weighted by Gasteiger charge is 2.46. The summed E-state index contributed by atoms with van der Waals surface area (Å²) in [5.74, 6) is 0. The van der Waals surface area contributed by atoms with Crippen LogP contribution in [0.15, 0.2) is 134 Å². The summed E-state index contributed by atoms with van der Waals surface area (Å²) in [4.78, 5) is 8.70. The first-order valence-electron chi connectivity index (χ1n) is 13.9. The zero-order valence-electron chi connectivity index (χ0n) is 22.8. The molecule has 2 heterocycles. The lowest BCUT2D eigenvalue weighted by Crippen LogP contribution is -2.37. The summed E-state index contributed by atoms with van der Waals surface area (Å²) in [6, 6.07) is 40.2. The van der Waals surface area contributed by atoms with Gasteiger partial charge in [-0.3, -0.25) is 9.97 Å². The fraction of sp³-hybridized carbons (Fsp3) is 0.105. The van der Waals surface area contributed by atoms with Crippen molar-refractivity contribution in [1.82, 2.24) is 9.97 Å². The van der Waals surface area contributed by atoms with Gasteiger partial charge in [-0.25, -0.2) is 0 Å². The largest absolute Gasteiger partial charge is 0.265 e. The molecule has 1 aliphatic rings. The molecule has 0 amide bonds. The van der Waals surface area contributed by atoms with Crippen LogP contribution in [0.4, 0.5) is 0 Å². The van der Waals surface area contributed by atoms with Gasteiger partial charge in [-0.05, 0) is 111 Å². The topological polar surface area (TPSA) is 25.8 Å². The van der Waals surface area contributed by atoms with Crippen LogP contribution in [-0.2, 0) is 11.8 Å². The van der Waals surface area contributed by atoms with Crippen LogP contribution in [0.5, 0.6) is 0 Å². The molecule has 0 spiro atoms. The van der Waals surface area contributed by atoms with E-state index in [0.717, 1.165) is 6.42 Å². The molecule has 0 unspecified atom stereocenters. The molecular weight excluding hydrogens is 484 g/mol. The minimum absolute atomic E-state index is 0.541. The van der Waals surface area contributed by atoms with Crippen LogP contribution in [-0.4, -0.2) is 9.97 Å². The monoisotopic (exact) mass is 514 g/mol. The molecule has 1 aliphatic carbocycles. The Morgan fingerprint density at radius 3 is 1.30 bits per heavy atom. The van der Waals surface area contributed by atoms with E-state index in [9.17, 15) is 0 Å². The van der Waals surface area contributed by atoms with Gasteiger partial charge < -0.3 is 0 Å². The Morgan fingerprint density at radius 2 is 0.850 bits per heavy atom. The first-order chi connectivity index (χ1) is 19.7. The number of pyridine rings is 2.